The van der Waals surface area contributed by atoms with Crippen molar-refractivity contribution in [3.8, 4) is 0 Å². The number of carbonyl (C=O) groups is 1. The van der Waals surface area contributed by atoms with E-state index < -0.39 is 0 Å². The zero-order valence-corrected chi connectivity index (χ0v) is 8.77. The fraction of sp³-hybridized carbons (Fsp3) is 0.727. The van der Waals surface area contributed by atoms with E-state index in [4.69, 9.17) is 4.74 Å². The van der Waals surface area contributed by atoms with Gasteiger partial charge in [-0.3, -0.25) is 0 Å². The van der Waals surface area contributed by atoms with Crippen LogP contribution >= 0.6 is 0 Å². The van der Waals surface area contributed by atoms with Gasteiger partial charge in [-0.05, 0) is 24.7 Å². The van der Waals surface area contributed by atoms with E-state index in [1.165, 1.54) is 6.08 Å². The molecule has 0 aromatic heterocycles. The topological polar surface area (TPSA) is 46.5 Å². The molecule has 2 atom stereocenters. The van der Waals surface area contributed by atoms with E-state index in [1.807, 2.05) is 13.8 Å². The molecule has 1 N–H and O–H groups in total. The Labute approximate surface area is 84.8 Å². The molecule has 0 bridgehead atoms. The summed E-state index contributed by atoms with van der Waals surface area (Å²) in [6, 6.07) is 0. The van der Waals surface area contributed by atoms with Crippen LogP contribution in [-0.4, -0.2) is 23.3 Å². The van der Waals surface area contributed by atoms with Gasteiger partial charge in [0.25, 0.3) is 0 Å². The third-order valence-corrected chi connectivity index (χ3v) is 2.88. The molecule has 1 aliphatic rings. The summed E-state index contributed by atoms with van der Waals surface area (Å²) in [5.41, 5.74) is 0. The second-order valence-electron chi connectivity index (χ2n) is 4.18. The van der Waals surface area contributed by atoms with Gasteiger partial charge < -0.3 is 9.84 Å². The van der Waals surface area contributed by atoms with Crippen molar-refractivity contribution in [3.63, 3.8) is 0 Å². The van der Waals surface area contributed by atoms with Crippen molar-refractivity contribution in [1.82, 2.24) is 0 Å². The molecule has 0 saturated heterocycles. The van der Waals surface area contributed by atoms with Crippen LogP contribution in [0.1, 0.15) is 26.7 Å². The Morgan fingerprint density at radius 2 is 1.93 bits per heavy atom. The lowest BCUT2D eigenvalue weighted by molar-refractivity contribution is -0.148. The zero-order valence-electron chi connectivity index (χ0n) is 8.77. The van der Waals surface area contributed by atoms with E-state index in [-0.39, 0.29) is 30.0 Å². The Hall–Kier alpha value is -0.830. The lowest BCUT2D eigenvalue weighted by Gasteiger charge is -2.35. The van der Waals surface area contributed by atoms with Crippen molar-refractivity contribution in [2.45, 2.75) is 38.9 Å². The predicted molar refractivity (Wildman–Crippen MR) is 53.6 cm³/mol. The highest BCUT2D eigenvalue weighted by Gasteiger charge is 2.33. The molecule has 1 saturated carbocycles. The van der Waals surface area contributed by atoms with E-state index >= 15 is 0 Å². The van der Waals surface area contributed by atoms with Gasteiger partial charge in [-0.1, -0.05) is 20.4 Å². The predicted octanol–water partition coefficient (Wildman–Crippen LogP) is 1.51. The molecule has 0 heterocycles. The van der Waals surface area contributed by atoms with Crippen LogP contribution in [0.5, 0.6) is 0 Å². The van der Waals surface area contributed by atoms with Crippen LogP contribution in [0.25, 0.3) is 0 Å². The first-order valence-corrected chi connectivity index (χ1v) is 5.05. The van der Waals surface area contributed by atoms with Crippen LogP contribution in [0.15, 0.2) is 12.7 Å². The number of carbonyl (C=O) groups excluding carboxylic acids is 1. The molecule has 1 fully saturated rings. The van der Waals surface area contributed by atoms with E-state index in [0.717, 1.165) is 12.8 Å². The molecule has 0 aromatic carbocycles. The highest BCUT2D eigenvalue weighted by Crippen LogP contribution is 2.30. The van der Waals surface area contributed by atoms with Gasteiger partial charge in [0.1, 0.15) is 6.10 Å². The Bertz CT molecular complexity index is 213. The zero-order chi connectivity index (χ0) is 10.7. The van der Waals surface area contributed by atoms with Crippen molar-refractivity contribution in [3.05, 3.63) is 12.7 Å². The number of esters is 1. The Kier molecular flexibility index (Phi) is 3.69. The SMILES string of the molecule is C=CC(=O)OC1CC(C)C(O)C(C)C1. The summed E-state index contributed by atoms with van der Waals surface area (Å²) in [6.07, 6.45) is 2.33. The third-order valence-electron chi connectivity index (χ3n) is 2.88. The van der Waals surface area contributed by atoms with Crippen molar-refractivity contribution < 1.29 is 14.6 Å². The number of ether oxygens (including phenoxy) is 1. The van der Waals surface area contributed by atoms with E-state index in [1.54, 1.807) is 0 Å². The van der Waals surface area contributed by atoms with Crippen LogP contribution in [0.3, 0.4) is 0 Å². The van der Waals surface area contributed by atoms with E-state index in [9.17, 15) is 9.90 Å². The average molecular weight is 198 g/mol. The molecule has 14 heavy (non-hydrogen) atoms. The molecule has 0 aromatic rings. The Balaban J connectivity index is 2.49. The summed E-state index contributed by atoms with van der Waals surface area (Å²) in [5.74, 6) is 0.0218. The highest BCUT2D eigenvalue weighted by molar-refractivity contribution is 5.81. The molecular weight excluding hydrogens is 180 g/mol. The quantitative estimate of drug-likeness (QED) is 0.540. The van der Waals surface area contributed by atoms with Crippen molar-refractivity contribution in [2.75, 3.05) is 0 Å². The maximum atomic E-state index is 11.0. The first-order chi connectivity index (χ1) is 6.54. The molecule has 0 aliphatic heterocycles. The smallest absolute Gasteiger partial charge is 0.330 e. The molecule has 80 valence electrons. The van der Waals surface area contributed by atoms with Gasteiger partial charge in [-0.15, -0.1) is 0 Å². The second kappa shape index (κ2) is 4.60. The summed E-state index contributed by atoms with van der Waals surface area (Å²) >= 11 is 0. The maximum absolute atomic E-state index is 11.0. The number of hydrogen-bond acceptors (Lipinski definition) is 3. The Morgan fingerprint density at radius 1 is 1.43 bits per heavy atom. The first kappa shape index (κ1) is 11.2. The lowest BCUT2D eigenvalue weighted by Crippen LogP contribution is -2.38. The fourth-order valence-electron chi connectivity index (χ4n) is 2.07. The van der Waals surface area contributed by atoms with Crippen LogP contribution in [0.4, 0.5) is 0 Å². The molecule has 3 nitrogen and oxygen atoms in total. The van der Waals surface area contributed by atoms with Gasteiger partial charge in [-0.2, -0.15) is 0 Å². The van der Waals surface area contributed by atoms with Crippen molar-refractivity contribution >= 4 is 5.97 Å². The normalized spacial score (nSPS) is 37.6. The highest BCUT2D eigenvalue weighted by atomic mass is 16.5. The monoisotopic (exact) mass is 198 g/mol. The number of hydrogen-bond donors (Lipinski definition) is 1. The molecule has 0 radical (unpaired) electrons. The van der Waals surface area contributed by atoms with Crippen molar-refractivity contribution in [2.24, 2.45) is 11.8 Å². The van der Waals surface area contributed by atoms with Gasteiger partial charge in [-0.25, -0.2) is 4.79 Å². The summed E-state index contributed by atoms with van der Waals surface area (Å²) in [5, 5.41) is 9.69. The summed E-state index contributed by atoms with van der Waals surface area (Å²) < 4.78 is 5.16. The van der Waals surface area contributed by atoms with Gasteiger partial charge in [0.15, 0.2) is 0 Å². The molecule has 0 amide bonds. The average Bonchev–Trinajstić information content (AvgIpc) is 2.14. The second-order valence-corrected chi connectivity index (χ2v) is 4.18. The molecule has 1 aliphatic carbocycles. The maximum Gasteiger partial charge on any atom is 0.330 e. The van der Waals surface area contributed by atoms with Crippen molar-refractivity contribution in [1.29, 1.82) is 0 Å². The largest absolute Gasteiger partial charge is 0.459 e. The minimum atomic E-state index is -0.370. The Morgan fingerprint density at radius 3 is 2.36 bits per heavy atom. The summed E-state index contributed by atoms with van der Waals surface area (Å²) in [4.78, 5) is 11.0. The standard InChI is InChI=1S/C11H18O3/c1-4-10(12)14-9-5-7(2)11(13)8(3)6-9/h4,7-9,11,13H,1,5-6H2,2-3H3. The molecule has 2 unspecified atom stereocenters. The van der Waals surface area contributed by atoms with Gasteiger partial charge in [0.2, 0.25) is 0 Å². The summed E-state index contributed by atoms with van der Waals surface area (Å²) in [6.45, 7) is 7.32. The molecular formula is C11H18O3. The minimum Gasteiger partial charge on any atom is -0.459 e. The van der Waals surface area contributed by atoms with Crippen LogP contribution < -0.4 is 0 Å². The minimum absolute atomic E-state index is 0.0612. The van der Waals surface area contributed by atoms with E-state index in [2.05, 4.69) is 6.58 Å². The van der Waals surface area contributed by atoms with Gasteiger partial charge >= 0.3 is 5.97 Å². The molecule has 1 rings (SSSR count). The van der Waals surface area contributed by atoms with Gasteiger partial charge in [0, 0.05) is 6.08 Å². The van der Waals surface area contributed by atoms with E-state index in [0.29, 0.717) is 0 Å². The molecule has 0 spiro atoms. The van der Waals surface area contributed by atoms with Gasteiger partial charge in [0.05, 0.1) is 6.10 Å². The lowest BCUT2D eigenvalue weighted by atomic mass is 9.79. The fourth-order valence-corrected chi connectivity index (χ4v) is 2.07. The number of aliphatic hydroxyl groups excluding tert-OH is 1. The van der Waals surface area contributed by atoms with Crippen LogP contribution in [-0.2, 0) is 9.53 Å². The van der Waals surface area contributed by atoms with Crippen LogP contribution in [0, 0.1) is 11.8 Å². The van der Waals surface area contributed by atoms with Crippen LogP contribution in [0.2, 0.25) is 0 Å². The summed E-state index contributed by atoms with van der Waals surface area (Å²) in [7, 11) is 0. The first-order valence-electron chi connectivity index (χ1n) is 5.05. The molecule has 3 heteroatoms. The number of rotatable bonds is 2. The number of aliphatic hydroxyl groups is 1. The third kappa shape index (κ3) is 2.58.